The maximum absolute atomic E-state index is 12.5. The molecule has 1 atom stereocenters. The van der Waals surface area contributed by atoms with E-state index >= 15 is 0 Å². The second-order valence-electron chi connectivity index (χ2n) is 6.51. The molecule has 1 aromatic carbocycles. The second kappa shape index (κ2) is 8.52. The van der Waals surface area contributed by atoms with E-state index in [0.29, 0.717) is 11.6 Å². The van der Waals surface area contributed by atoms with E-state index in [1.165, 1.54) is 30.5 Å². The second-order valence-corrected chi connectivity index (χ2v) is 9.01. The number of benzene rings is 1. The van der Waals surface area contributed by atoms with Crippen LogP contribution >= 0.6 is 23.2 Å². The smallest absolute Gasteiger partial charge is 0.266 e. The van der Waals surface area contributed by atoms with Gasteiger partial charge in [0.05, 0.1) is 21.8 Å². The minimum absolute atomic E-state index is 0.0618. The van der Waals surface area contributed by atoms with Gasteiger partial charge in [0.1, 0.15) is 5.02 Å². The number of halogens is 2. The van der Waals surface area contributed by atoms with Crippen molar-refractivity contribution in [3.63, 3.8) is 0 Å². The Hall–Kier alpha value is -1.41. The summed E-state index contributed by atoms with van der Waals surface area (Å²) < 4.78 is 28.7. The van der Waals surface area contributed by atoms with E-state index in [1.54, 1.807) is 0 Å². The van der Waals surface area contributed by atoms with Crippen molar-refractivity contribution >= 4 is 33.2 Å². The van der Waals surface area contributed by atoms with Crippen molar-refractivity contribution in [3.8, 4) is 5.69 Å². The number of rotatable bonds is 7. The van der Waals surface area contributed by atoms with Crippen LogP contribution in [0.3, 0.4) is 0 Å². The lowest BCUT2D eigenvalue weighted by atomic mass is 10.1. The molecule has 0 saturated heterocycles. The van der Waals surface area contributed by atoms with Crippen molar-refractivity contribution in [2.45, 2.75) is 44.6 Å². The number of aromatic nitrogens is 2. The lowest BCUT2D eigenvalue weighted by molar-refractivity contribution is 0.485. The molecule has 6 nitrogen and oxygen atoms in total. The van der Waals surface area contributed by atoms with Crippen molar-refractivity contribution in [3.05, 3.63) is 50.9 Å². The number of nitrogens with one attached hydrogen (secondary N) is 1. The summed E-state index contributed by atoms with van der Waals surface area (Å²) in [5.74, 6) is 0.512. The summed E-state index contributed by atoms with van der Waals surface area (Å²) in [5, 5.41) is 3.83. The fraction of sp³-hybridized carbons (Fsp3) is 0.412. The highest BCUT2D eigenvalue weighted by Crippen LogP contribution is 2.18. The molecule has 0 aliphatic rings. The summed E-state index contributed by atoms with van der Waals surface area (Å²) in [7, 11) is -3.64. The SMILES string of the molecule is CC(C)CCC(C)NS(=O)(=O)c1ccc(-n2ncc(Cl)c(Cl)c2=O)cc1. The van der Waals surface area contributed by atoms with Crippen molar-refractivity contribution in [2.75, 3.05) is 0 Å². The number of hydrogen-bond donors (Lipinski definition) is 1. The number of nitrogens with zero attached hydrogens (tertiary/aromatic N) is 2. The molecule has 1 aromatic heterocycles. The molecule has 2 aromatic rings. The zero-order valence-electron chi connectivity index (χ0n) is 14.7. The predicted octanol–water partition coefficient (Wildman–Crippen LogP) is 3.64. The molecule has 0 radical (unpaired) electrons. The summed E-state index contributed by atoms with van der Waals surface area (Å²) >= 11 is 11.6. The molecule has 9 heteroatoms. The van der Waals surface area contributed by atoms with Gasteiger partial charge < -0.3 is 0 Å². The Morgan fingerprint density at radius 3 is 2.31 bits per heavy atom. The number of hydrogen-bond acceptors (Lipinski definition) is 4. The molecule has 1 N–H and O–H groups in total. The first-order valence-corrected chi connectivity index (χ1v) is 10.4. The fourth-order valence-electron chi connectivity index (χ4n) is 2.34. The molecule has 142 valence electrons. The van der Waals surface area contributed by atoms with Crippen LogP contribution in [0.4, 0.5) is 0 Å². The summed E-state index contributed by atoms with van der Waals surface area (Å²) in [5.41, 5.74) is -0.185. The molecule has 0 bridgehead atoms. The lowest BCUT2D eigenvalue weighted by Gasteiger charge is -2.15. The Labute approximate surface area is 163 Å². The first-order chi connectivity index (χ1) is 12.1. The van der Waals surface area contributed by atoms with Gasteiger partial charge in [-0.25, -0.2) is 13.1 Å². The van der Waals surface area contributed by atoms with E-state index < -0.39 is 15.6 Å². The van der Waals surface area contributed by atoms with E-state index in [-0.39, 0.29) is 21.0 Å². The van der Waals surface area contributed by atoms with E-state index in [9.17, 15) is 13.2 Å². The average Bonchev–Trinajstić information content (AvgIpc) is 2.58. The maximum atomic E-state index is 12.5. The quantitative estimate of drug-likeness (QED) is 0.745. The highest BCUT2D eigenvalue weighted by Gasteiger charge is 2.18. The molecular formula is C17H21Cl2N3O3S. The van der Waals surface area contributed by atoms with Crippen LogP contribution in [0.2, 0.25) is 10.0 Å². The molecule has 0 spiro atoms. The Kier molecular flexibility index (Phi) is 6.85. The molecular weight excluding hydrogens is 397 g/mol. The molecule has 26 heavy (non-hydrogen) atoms. The van der Waals surface area contributed by atoms with Gasteiger partial charge in [0.25, 0.3) is 5.56 Å². The van der Waals surface area contributed by atoms with Gasteiger partial charge in [-0.15, -0.1) is 0 Å². The van der Waals surface area contributed by atoms with Gasteiger partial charge in [-0.2, -0.15) is 9.78 Å². The van der Waals surface area contributed by atoms with Crippen molar-refractivity contribution in [2.24, 2.45) is 5.92 Å². The van der Waals surface area contributed by atoms with Crippen LogP contribution in [-0.4, -0.2) is 24.2 Å². The van der Waals surface area contributed by atoms with E-state index in [4.69, 9.17) is 23.2 Å². The van der Waals surface area contributed by atoms with Crippen molar-refractivity contribution < 1.29 is 8.42 Å². The topological polar surface area (TPSA) is 81.1 Å². The van der Waals surface area contributed by atoms with Gasteiger partial charge in [0.15, 0.2) is 0 Å². The highest BCUT2D eigenvalue weighted by molar-refractivity contribution is 7.89. The minimum Gasteiger partial charge on any atom is -0.266 e. The first-order valence-electron chi connectivity index (χ1n) is 8.18. The van der Waals surface area contributed by atoms with Gasteiger partial charge >= 0.3 is 0 Å². The highest BCUT2D eigenvalue weighted by atomic mass is 35.5. The molecule has 1 heterocycles. The third kappa shape index (κ3) is 5.07. The zero-order valence-corrected chi connectivity index (χ0v) is 17.1. The summed E-state index contributed by atoms with van der Waals surface area (Å²) in [6.07, 6.45) is 2.96. The Morgan fingerprint density at radius 1 is 1.12 bits per heavy atom. The first kappa shape index (κ1) is 20.9. The van der Waals surface area contributed by atoms with Gasteiger partial charge in [0, 0.05) is 6.04 Å². The summed E-state index contributed by atoms with van der Waals surface area (Å²) in [6.45, 7) is 6.03. The van der Waals surface area contributed by atoms with Crippen LogP contribution in [0.1, 0.15) is 33.6 Å². The van der Waals surface area contributed by atoms with Crippen LogP contribution < -0.4 is 10.3 Å². The van der Waals surface area contributed by atoms with E-state index in [1.807, 2.05) is 6.92 Å². The fourth-order valence-corrected chi connectivity index (χ4v) is 3.87. The Bertz CT molecular complexity index is 925. The molecule has 0 aliphatic heterocycles. The normalized spacial score (nSPS) is 13.2. The summed E-state index contributed by atoms with van der Waals surface area (Å²) in [4.78, 5) is 12.2. The van der Waals surface area contributed by atoms with Crippen LogP contribution in [0.5, 0.6) is 0 Å². The third-order valence-electron chi connectivity index (χ3n) is 3.80. The molecule has 0 amide bonds. The van der Waals surface area contributed by atoms with Crippen molar-refractivity contribution in [1.82, 2.24) is 14.5 Å². The largest absolute Gasteiger partial charge is 0.291 e. The lowest BCUT2D eigenvalue weighted by Crippen LogP contribution is -2.32. The van der Waals surface area contributed by atoms with Crippen LogP contribution in [0.15, 0.2) is 40.2 Å². The van der Waals surface area contributed by atoms with Crippen molar-refractivity contribution in [1.29, 1.82) is 0 Å². The van der Waals surface area contributed by atoms with Crippen LogP contribution in [-0.2, 0) is 10.0 Å². The third-order valence-corrected chi connectivity index (χ3v) is 6.16. The summed E-state index contributed by atoms with van der Waals surface area (Å²) in [6, 6.07) is 5.66. The van der Waals surface area contributed by atoms with Crippen LogP contribution in [0.25, 0.3) is 5.69 Å². The molecule has 0 saturated carbocycles. The van der Waals surface area contributed by atoms with E-state index in [0.717, 1.165) is 17.5 Å². The standard InChI is InChI=1S/C17H21Cl2N3O3S/c1-11(2)4-5-12(3)21-26(24,25)14-8-6-13(7-9-14)22-17(23)16(19)15(18)10-20-22/h6-12,21H,4-5H2,1-3H3. The predicted molar refractivity (Wildman–Crippen MR) is 104 cm³/mol. The molecule has 0 fully saturated rings. The molecule has 1 unspecified atom stereocenters. The Balaban J connectivity index is 2.21. The van der Waals surface area contributed by atoms with Gasteiger partial charge in [0.2, 0.25) is 10.0 Å². The zero-order chi connectivity index (χ0) is 19.5. The number of sulfonamides is 1. The molecule has 2 rings (SSSR count). The minimum atomic E-state index is -3.64. The van der Waals surface area contributed by atoms with Gasteiger partial charge in [-0.3, -0.25) is 4.79 Å². The maximum Gasteiger partial charge on any atom is 0.291 e. The van der Waals surface area contributed by atoms with Crippen LogP contribution in [0, 0.1) is 5.92 Å². The monoisotopic (exact) mass is 417 g/mol. The van der Waals surface area contributed by atoms with E-state index in [2.05, 4.69) is 23.7 Å². The average molecular weight is 418 g/mol. The van der Waals surface area contributed by atoms with Gasteiger partial charge in [-0.05, 0) is 49.9 Å². The van der Waals surface area contributed by atoms with Gasteiger partial charge in [-0.1, -0.05) is 37.0 Å². The Morgan fingerprint density at radius 2 is 1.73 bits per heavy atom. The molecule has 0 aliphatic carbocycles.